The number of amides is 3. The Morgan fingerprint density at radius 3 is 2.70 bits per heavy atom. The Balaban J connectivity index is 1.42. The molecular formula is C24H31FN4O4. The van der Waals surface area contributed by atoms with Crippen LogP contribution in [0.5, 0.6) is 0 Å². The van der Waals surface area contributed by atoms with Gasteiger partial charge in [0.05, 0.1) is 17.2 Å². The van der Waals surface area contributed by atoms with Crippen molar-refractivity contribution in [2.45, 2.75) is 44.3 Å². The zero-order chi connectivity index (χ0) is 23.5. The highest BCUT2D eigenvalue weighted by Crippen LogP contribution is 2.32. The van der Waals surface area contributed by atoms with E-state index in [0.29, 0.717) is 30.7 Å². The molecule has 3 atom stereocenters. The van der Waals surface area contributed by atoms with E-state index in [9.17, 15) is 23.6 Å². The highest BCUT2D eigenvalue weighted by Gasteiger charge is 2.40. The fourth-order valence-electron chi connectivity index (χ4n) is 5.15. The van der Waals surface area contributed by atoms with Crippen LogP contribution < -0.4 is 10.2 Å². The second kappa shape index (κ2) is 9.99. The van der Waals surface area contributed by atoms with E-state index in [4.69, 9.17) is 0 Å². The van der Waals surface area contributed by atoms with E-state index in [1.807, 2.05) is 6.07 Å². The smallest absolute Gasteiger partial charge is 0.262 e. The fourth-order valence-corrected chi connectivity index (χ4v) is 5.15. The van der Waals surface area contributed by atoms with Crippen LogP contribution in [-0.2, 0) is 9.59 Å². The van der Waals surface area contributed by atoms with Crippen LogP contribution in [0.3, 0.4) is 0 Å². The van der Waals surface area contributed by atoms with Gasteiger partial charge in [0.1, 0.15) is 12.5 Å². The van der Waals surface area contributed by atoms with Gasteiger partial charge < -0.3 is 19.9 Å². The van der Waals surface area contributed by atoms with E-state index >= 15 is 0 Å². The summed E-state index contributed by atoms with van der Waals surface area (Å²) < 4.78 is 13.7. The predicted octanol–water partition coefficient (Wildman–Crippen LogP) is 1.64. The van der Waals surface area contributed by atoms with Crippen molar-refractivity contribution >= 4 is 29.7 Å². The molecule has 2 saturated heterocycles. The van der Waals surface area contributed by atoms with Gasteiger partial charge in [-0.05, 0) is 56.3 Å². The molecule has 178 valence electrons. The van der Waals surface area contributed by atoms with Crippen molar-refractivity contribution in [1.29, 1.82) is 0 Å². The monoisotopic (exact) mass is 458 g/mol. The van der Waals surface area contributed by atoms with E-state index in [-0.39, 0.29) is 24.3 Å². The van der Waals surface area contributed by atoms with Crippen LogP contribution in [0.25, 0.3) is 0 Å². The first-order valence-corrected chi connectivity index (χ1v) is 11.7. The van der Waals surface area contributed by atoms with Crippen molar-refractivity contribution in [1.82, 2.24) is 15.1 Å². The maximum Gasteiger partial charge on any atom is 0.262 e. The van der Waals surface area contributed by atoms with Gasteiger partial charge in [0.25, 0.3) is 11.8 Å². The van der Waals surface area contributed by atoms with Crippen LogP contribution in [-0.4, -0.2) is 85.8 Å². The molecule has 3 aliphatic rings. The number of hydrogen-bond acceptors (Lipinski definition) is 6. The number of benzene rings is 1. The lowest BCUT2D eigenvalue weighted by Crippen LogP contribution is -2.41. The average Bonchev–Trinajstić information content (AvgIpc) is 3.37. The molecule has 3 aliphatic heterocycles. The molecule has 0 aliphatic carbocycles. The number of carbonyl (C=O) groups excluding carboxylic acids is 4. The van der Waals surface area contributed by atoms with Gasteiger partial charge in [0.15, 0.2) is 0 Å². The van der Waals surface area contributed by atoms with E-state index in [1.165, 1.54) is 7.05 Å². The number of fused-ring (bicyclic) bond motifs is 1. The number of halogens is 1. The summed E-state index contributed by atoms with van der Waals surface area (Å²) in [5, 5.41) is 2.47. The first-order chi connectivity index (χ1) is 15.9. The largest absolute Gasteiger partial charge is 0.371 e. The number of likely N-dealkylation sites (tertiary alicyclic amines) is 1. The Morgan fingerprint density at radius 1 is 1.18 bits per heavy atom. The summed E-state index contributed by atoms with van der Waals surface area (Å²) in [5.41, 5.74) is 1.45. The van der Waals surface area contributed by atoms with Crippen molar-refractivity contribution in [3.05, 3.63) is 29.3 Å². The molecule has 2 fully saturated rings. The maximum absolute atomic E-state index is 13.7. The number of aldehydes is 1. The second-order valence-electron chi connectivity index (χ2n) is 9.23. The van der Waals surface area contributed by atoms with Crippen molar-refractivity contribution < 1.29 is 23.6 Å². The van der Waals surface area contributed by atoms with Gasteiger partial charge in [-0.25, -0.2) is 4.39 Å². The van der Waals surface area contributed by atoms with Gasteiger partial charge in [-0.1, -0.05) is 0 Å². The lowest BCUT2D eigenvalue weighted by Gasteiger charge is -2.31. The first-order valence-electron chi connectivity index (χ1n) is 11.7. The van der Waals surface area contributed by atoms with Crippen LogP contribution in [0.4, 0.5) is 10.1 Å². The van der Waals surface area contributed by atoms with Crippen LogP contribution in [0.2, 0.25) is 0 Å². The summed E-state index contributed by atoms with van der Waals surface area (Å²) in [7, 11) is 1.50. The van der Waals surface area contributed by atoms with E-state index < -0.39 is 24.0 Å². The molecule has 3 heterocycles. The molecule has 1 aromatic rings. The van der Waals surface area contributed by atoms with E-state index in [0.717, 1.165) is 49.6 Å². The maximum atomic E-state index is 13.7. The van der Waals surface area contributed by atoms with Crippen LogP contribution in [0.1, 0.15) is 52.8 Å². The molecule has 0 saturated carbocycles. The number of nitrogens with zero attached hydrogens (tertiary/aromatic N) is 3. The number of nitrogens with one attached hydrogen (secondary N) is 1. The highest BCUT2D eigenvalue weighted by atomic mass is 19.1. The zero-order valence-corrected chi connectivity index (χ0v) is 19.0. The first kappa shape index (κ1) is 23.4. The standard InChI is InChI=1S/C24H31FN4O4/c1-26-22(31)7-5-19(15-30)29-23(32)20-6-4-18(11-21(20)24(29)33)28-10-8-16(13-28)12-27-9-2-3-17(25)14-27/h4,6,11,15-17,19H,2-3,5,7-10,12-14H2,1H3,(H,26,31). The minimum atomic E-state index is -0.974. The van der Waals surface area contributed by atoms with Gasteiger partial charge in [-0.3, -0.25) is 19.3 Å². The molecule has 9 heteroatoms. The minimum absolute atomic E-state index is 0.0495. The van der Waals surface area contributed by atoms with E-state index in [1.54, 1.807) is 12.1 Å². The summed E-state index contributed by atoms with van der Waals surface area (Å²) in [5.74, 6) is -0.817. The lowest BCUT2D eigenvalue weighted by atomic mass is 10.0. The number of hydrogen-bond donors (Lipinski definition) is 1. The van der Waals surface area contributed by atoms with Crippen LogP contribution >= 0.6 is 0 Å². The third kappa shape index (κ3) is 4.93. The topological polar surface area (TPSA) is 90.0 Å². The summed E-state index contributed by atoms with van der Waals surface area (Å²) in [6.07, 6.45) is 2.52. The van der Waals surface area contributed by atoms with Gasteiger partial charge in [0.2, 0.25) is 5.91 Å². The minimum Gasteiger partial charge on any atom is -0.371 e. The van der Waals surface area contributed by atoms with Crippen molar-refractivity contribution in [3.8, 4) is 0 Å². The summed E-state index contributed by atoms with van der Waals surface area (Å²) >= 11 is 0. The molecule has 3 unspecified atom stereocenters. The molecule has 33 heavy (non-hydrogen) atoms. The Hall–Kier alpha value is -2.81. The molecule has 3 amide bonds. The lowest BCUT2D eigenvalue weighted by molar-refractivity contribution is -0.121. The van der Waals surface area contributed by atoms with Crippen LogP contribution in [0, 0.1) is 5.92 Å². The zero-order valence-electron chi connectivity index (χ0n) is 19.0. The summed E-state index contributed by atoms with van der Waals surface area (Å²) in [6, 6.07) is 4.25. The average molecular weight is 459 g/mol. The molecule has 0 radical (unpaired) electrons. The quantitative estimate of drug-likeness (QED) is 0.471. The van der Waals surface area contributed by atoms with Gasteiger partial charge >= 0.3 is 0 Å². The van der Waals surface area contributed by atoms with E-state index in [2.05, 4.69) is 15.1 Å². The van der Waals surface area contributed by atoms with Crippen molar-refractivity contribution in [2.24, 2.45) is 5.92 Å². The van der Waals surface area contributed by atoms with Crippen molar-refractivity contribution in [2.75, 3.05) is 44.7 Å². The molecule has 8 nitrogen and oxygen atoms in total. The number of rotatable bonds is 8. The molecule has 4 rings (SSSR count). The fraction of sp³-hybridized carbons (Fsp3) is 0.583. The summed E-state index contributed by atoms with van der Waals surface area (Å²) in [6.45, 7) is 3.99. The Bertz CT molecular complexity index is 939. The molecular weight excluding hydrogens is 427 g/mol. The highest BCUT2D eigenvalue weighted by molar-refractivity contribution is 6.22. The Kier molecular flexibility index (Phi) is 7.07. The normalized spacial score (nSPS) is 24.2. The molecule has 0 aromatic heterocycles. The SMILES string of the molecule is CNC(=O)CCC(C=O)N1C(=O)c2ccc(N3CCC(CN4CCCC(F)C4)C3)cc2C1=O. The number of anilines is 1. The Labute approximate surface area is 193 Å². The number of imide groups is 1. The Morgan fingerprint density at radius 2 is 1.97 bits per heavy atom. The third-order valence-corrected chi connectivity index (χ3v) is 6.95. The van der Waals surface area contributed by atoms with Gasteiger partial charge in [-0.2, -0.15) is 0 Å². The third-order valence-electron chi connectivity index (χ3n) is 6.95. The van der Waals surface area contributed by atoms with Crippen molar-refractivity contribution in [3.63, 3.8) is 0 Å². The predicted molar refractivity (Wildman–Crippen MR) is 121 cm³/mol. The van der Waals surface area contributed by atoms with Crippen LogP contribution in [0.15, 0.2) is 18.2 Å². The second-order valence-corrected chi connectivity index (χ2v) is 9.23. The number of carbonyl (C=O) groups is 4. The number of piperidine rings is 1. The molecule has 0 bridgehead atoms. The van der Waals surface area contributed by atoms with Gasteiger partial charge in [0, 0.05) is 45.3 Å². The molecule has 0 spiro atoms. The molecule has 1 aromatic carbocycles. The number of alkyl halides is 1. The molecule has 1 N–H and O–H groups in total. The summed E-state index contributed by atoms with van der Waals surface area (Å²) in [4.78, 5) is 54.4. The van der Waals surface area contributed by atoms with Gasteiger partial charge in [-0.15, -0.1) is 0 Å².